The van der Waals surface area contributed by atoms with Gasteiger partial charge in [0.05, 0.1) is 10.6 Å². The normalized spacial score (nSPS) is 12.9. The summed E-state index contributed by atoms with van der Waals surface area (Å²) in [4.78, 5) is 1.97. The highest BCUT2D eigenvalue weighted by molar-refractivity contribution is 7.91. The van der Waals surface area contributed by atoms with E-state index in [1.54, 1.807) is 17.0 Å². The van der Waals surface area contributed by atoms with E-state index in [0.717, 1.165) is 0 Å². The first-order valence-electron chi connectivity index (χ1n) is 5.32. The summed E-state index contributed by atoms with van der Waals surface area (Å²) in [5.74, 6) is -0.0840. The van der Waals surface area contributed by atoms with E-state index < -0.39 is 9.84 Å². The molecule has 1 aromatic carbocycles. The van der Waals surface area contributed by atoms with Gasteiger partial charge in [0.1, 0.15) is 0 Å². The van der Waals surface area contributed by atoms with Gasteiger partial charge in [0.25, 0.3) is 0 Å². The van der Waals surface area contributed by atoms with Crippen LogP contribution in [0.3, 0.4) is 0 Å². The number of oxime groups is 1. The summed E-state index contributed by atoms with van der Waals surface area (Å²) in [6.07, 6.45) is 0. The van der Waals surface area contributed by atoms with Gasteiger partial charge in [-0.05, 0) is 26.2 Å². The van der Waals surface area contributed by atoms with Crippen molar-refractivity contribution in [3.8, 4) is 0 Å². The Hall–Kier alpha value is -1.60. The van der Waals surface area contributed by atoms with Gasteiger partial charge in [-0.1, -0.05) is 17.3 Å². The number of amidine groups is 1. The van der Waals surface area contributed by atoms with Crippen LogP contribution in [-0.4, -0.2) is 50.8 Å². The molecule has 0 fully saturated rings. The molecule has 0 atom stereocenters. The molecular weight excluding hydrogens is 254 g/mol. The first kappa shape index (κ1) is 14.5. The second-order valence-corrected chi connectivity index (χ2v) is 6.24. The van der Waals surface area contributed by atoms with Crippen LogP contribution in [0.5, 0.6) is 0 Å². The molecule has 0 heterocycles. The van der Waals surface area contributed by atoms with Gasteiger partial charge in [0, 0.05) is 12.1 Å². The molecule has 0 saturated heterocycles. The summed E-state index contributed by atoms with van der Waals surface area (Å²) < 4.78 is 24.1. The molecular formula is C11H17N3O3S. The van der Waals surface area contributed by atoms with E-state index >= 15 is 0 Å². The van der Waals surface area contributed by atoms with Crippen LogP contribution in [-0.2, 0) is 9.84 Å². The van der Waals surface area contributed by atoms with Gasteiger partial charge in [-0.25, -0.2) is 8.42 Å². The third-order valence-corrected chi connectivity index (χ3v) is 4.10. The predicted molar refractivity (Wildman–Crippen MR) is 69.6 cm³/mol. The fraction of sp³-hybridized carbons (Fsp3) is 0.364. The fourth-order valence-corrected chi connectivity index (χ4v) is 2.76. The van der Waals surface area contributed by atoms with Crippen molar-refractivity contribution in [2.24, 2.45) is 10.9 Å². The zero-order valence-electron chi connectivity index (χ0n) is 10.4. The molecule has 1 aromatic rings. The first-order chi connectivity index (χ1) is 8.36. The SMILES string of the molecule is CN(C)CCS(=O)(=O)c1cccc(/C(N)=N/O)c1. The van der Waals surface area contributed by atoms with E-state index in [-0.39, 0.29) is 16.5 Å². The molecule has 7 heteroatoms. The number of hydrogen-bond donors (Lipinski definition) is 2. The van der Waals surface area contributed by atoms with Crippen molar-refractivity contribution in [2.75, 3.05) is 26.4 Å². The molecule has 0 spiro atoms. The Morgan fingerprint density at radius 2 is 2.11 bits per heavy atom. The molecule has 0 saturated carbocycles. The molecule has 0 radical (unpaired) electrons. The van der Waals surface area contributed by atoms with Crippen LogP contribution in [0.1, 0.15) is 5.56 Å². The Balaban J connectivity index is 3.03. The Bertz CT molecular complexity index is 538. The van der Waals surface area contributed by atoms with Gasteiger partial charge in [-0.2, -0.15) is 0 Å². The molecule has 1 rings (SSSR count). The Morgan fingerprint density at radius 1 is 1.44 bits per heavy atom. The number of rotatable bonds is 5. The summed E-state index contributed by atoms with van der Waals surface area (Å²) in [6, 6.07) is 6.05. The highest BCUT2D eigenvalue weighted by atomic mass is 32.2. The molecule has 100 valence electrons. The van der Waals surface area contributed by atoms with Gasteiger partial charge in [-0.15, -0.1) is 0 Å². The van der Waals surface area contributed by atoms with Gasteiger partial charge in [0.15, 0.2) is 15.7 Å². The third kappa shape index (κ3) is 3.71. The molecule has 0 aliphatic rings. The minimum Gasteiger partial charge on any atom is -0.409 e. The lowest BCUT2D eigenvalue weighted by atomic mass is 10.2. The Labute approximate surface area is 107 Å². The maximum atomic E-state index is 12.0. The highest BCUT2D eigenvalue weighted by Gasteiger charge is 2.15. The van der Waals surface area contributed by atoms with Crippen LogP contribution in [0.4, 0.5) is 0 Å². The van der Waals surface area contributed by atoms with Crippen molar-refractivity contribution >= 4 is 15.7 Å². The van der Waals surface area contributed by atoms with E-state index in [1.807, 2.05) is 14.1 Å². The number of sulfone groups is 1. The summed E-state index contributed by atoms with van der Waals surface area (Å²) in [5, 5.41) is 11.4. The number of nitrogens with two attached hydrogens (primary N) is 1. The monoisotopic (exact) mass is 271 g/mol. The quantitative estimate of drug-likeness (QED) is 0.343. The second-order valence-electron chi connectivity index (χ2n) is 4.14. The number of nitrogens with zero attached hydrogens (tertiary/aromatic N) is 2. The average Bonchev–Trinajstić information content (AvgIpc) is 2.35. The minimum absolute atomic E-state index is 0.0274. The lowest BCUT2D eigenvalue weighted by molar-refractivity contribution is 0.318. The molecule has 0 aliphatic carbocycles. The molecule has 6 nitrogen and oxygen atoms in total. The zero-order chi connectivity index (χ0) is 13.8. The largest absolute Gasteiger partial charge is 0.409 e. The van der Waals surface area contributed by atoms with E-state index in [1.165, 1.54) is 12.1 Å². The zero-order valence-corrected chi connectivity index (χ0v) is 11.2. The molecule has 3 N–H and O–H groups in total. The maximum absolute atomic E-state index is 12.0. The van der Waals surface area contributed by atoms with Crippen molar-refractivity contribution in [3.63, 3.8) is 0 Å². The van der Waals surface area contributed by atoms with Crippen LogP contribution in [0.15, 0.2) is 34.3 Å². The number of hydrogen-bond acceptors (Lipinski definition) is 5. The smallest absolute Gasteiger partial charge is 0.179 e. The topological polar surface area (TPSA) is 96.0 Å². The fourth-order valence-electron chi connectivity index (χ4n) is 1.33. The van der Waals surface area contributed by atoms with Crippen molar-refractivity contribution < 1.29 is 13.6 Å². The molecule has 0 aliphatic heterocycles. The standard InChI is InChI=1S/C11H17N3O3S/c1-14(2)6-7-18(16,17)10-5-3-4-9(8-10)11(12)13-15/h3-5,8,15H,6-7H2,1-2H3,(H2,12,13). The lowest BCUT2D eigenvalue weighted by Gasteiger charge is -2.10. The Kier molecular flexibility index (Phi) is 4.69. The molecule has 18 heavy (non-hydrogen) atoms. The van der Waals surface area contributed by atoms with Crippen molar-refractivity contribution in [1.29, 1.82) is 0 Å². The van der Waals surface area contributed by atoms with Crippen molar-refractivity contribution in [2.45, 2.75) is 4.90 Å². The van der Waals surface area contributed by atoms with Gasteiger partial charge < -0.3 is 15.8 Å². The molecule has 0 unspecified atom stereocenters. The highest BCUT2D eigenvalue weighted by Crippen LogP contribution is 2.13. The van der Waals surface area contributed by atoms with Gasteiger partial charge in [-0.3, -0.25) is 0 Å². The van der Waals surface area contributed by atoms with Gasteiger partial charge in [0.2, 0.25) is 0 Å². The van der Waals surface area contributed by atoms with Crippen LogP contribution in [0.25, 0.3) is 0 Å². The first-order valence-corrected chi connectivity index (χ1v) is 6.97. The van der Waals surface area contributed by atoms with Gasteiger partial charge >= 0.3 is 0 Å². The summed E-state index contributed by atoms with van der Waals surface area (Å²) >= 11 is 0. The van der Waals surface area contributed by atoms with Crippen molar-refractivity contribution in [3.05, 3.63) is 29.8 Å². The molecule has 0 amide bonds. The summed E-state index contributed by atoms with van der Waals surface area (Å²) in [5.41, 5.74) is 5.80. The van der Waals surface area contributed by atoms with Crippen molar-refractivity contribution in [1.82, 2.24) is 4.90 Å². The molecule has 0 bridgehead atoms. The Morgan fingerprint density at radius 3 is 2.67 bits per heavy atom. The van der Waals surface area contributed by atoms with Crippen LogP contribution >= 0.6 is 0 Å². The summed E-state index contributed by atoms with van der Waals surface area (Å²) in [6.45, 7) is 0.441. The maximum Gasteiger partial charge on any atom is 0.179 e. The predicted octanol–water partition coefficient (Wildman–Crippen LogP) is 0.116. The number of benzene rings is 1. The van der Waals surface area contributed by atoms with E-state index in [4.69, 9.17) is 10.9 Å². The van der Waals surface area contributed by atoms with Crippen LogP contribution in [0.2, 0.25) is 0 Å². The second kappa shape index (κ2) is 5.83. The van der Waals surface area contributed by atoms with Crippen LogP contribution in [0, 0.1) is 0 Å². The minimum atomic E-state index is -3.35. The van der Waals surface area contributed by atoms with Crippen LogP contribution < -0.4 is 5.73 Å². The molecule has 0 aromatic heterocycles. The summed E-state index contributed by atoms with van der Waals surface area (Å²) in [7, 11) is 0.262. The average molecular weight is 271 g/mol. The third-order valence-electron chi connectivity index (χ3n) is 2.40. The van der Waals surface area contributed by atoms with E-state index in [2.05, 4.69) is 5.16 Å². The lowest BCUT2D eigenvalue weighted by Crippen LogP contribution is -2.22. The van der Waals surface area contributed by atoms with E-state index in [9.17, 15) is 8.42 Å². The van der Waals surface area contributed by atoms with E-state index in [0.29, 0.717) is 12.1 Å².